The quantitative estimate of drug-likeness (QED) is 0.676. The summed E-state index contributed by atoms with van der Waals surface area (Å²) in [7, 11) is 0. The molecule has 0 aliphatic heterocycles. The minimum absolute atomic E-state index is 0.0928. The van der Waals surface area contributed by atoms with Gasteiger partial charge in [0.1, 0.15) is 0 Å². The largest absolute Gasteiger partial charge is 0.479 e. The van der Waals surface area contributed by atoms with Gasteiger partial charge in [0, 0.05) is 30.8 Å². The van der Waals surface area contributed by atoms with Crippen molar-refractivity contribution in [2.45, 2.75) is 19.9 Å². The number of anilines is 1. The van der Waals surface area contributed by atoms with E-state index in [1.165, 1.54) is 0 Å². The molecule has 0 spiro atoms. The number of aliphatic hydroxyl groups is 1. The Bertz CT molecular complexity index is 662. The van der Waals surface area contributed by atoms with Crippen molar-refractivity contribution in [1.82, 2.24) is 9.97 Å². The van der Waals surface area contributed by atoms with Gasteiger partial charge in [0.05, 0.1) is 0 Å². The molecule has 122 valence electrons. The number of hydrogen-bond acceptors (Lipinski definition) is 6. The number of carboxylic acid groups (broad SMARTS) is 1. The molecule has 0 amide bonds. The van der Waals surface area contributed by atoms with Crippen LogP contribution in [-0.2, 0) is 17.8 Å². The zero-order chi connectivity index (χ0) is 16.7. The summed E-state index contributed by atoms with van der Waals surface area (Å²) in [4.78, 5) is 19.2. The molecule has 23 heavy (non-hydrogen) atoms. The fourth-order valence-electron chi connectivity index (χ4n) is 2.07. The van der Waals surface area contributed by atoms with Crippen LogP contribution in [0.5, 0.6) is 5.88 Å². The van der Waals surface area contributed by atoms with Gasteiger partial charge in [-0.15, -0.1) is 0 Å². The summed E-state index contributed by atoms with van der Waals surface area (Å²) in [6.45, 7) is 1.73. The van der Waals surface area contributed by atoms with E-state index in [9.17, 15) is 4.79 Å². The number of ether oxygens (including phenoxy) is 1. The van der Waals surface area contributed by atoms with Crippen molar-refractivity contribution in [3.63, 3.8) is 0 Å². The van der Waals surface area contributed by atoms with Crippen LogP contribution in [0.3, 0.4) is 0 Å². The molecule has 0 aliphatic rings. The molecule has 0 radical (unpaired) electrons. The van der Waals surface area contributed by atoms with Crippen molar-refractivity contribution in [3.8, 4) is 5.88 Å². The third kappa shape index (κ3) is 4.93. The molecule has 0 saturated carbocycles. The Morgan fingerprint density at radius 2 is 2.00 bits per heavy atom. The van der Waals surface area contributed by atoms with Crippen LogP contribution in [0, 0.1) is 6.92 Å². The average Bonchev–Trinajstić information content (AvgIpc) is 2.54. The van der Waals surface area contributed by atoms with Crippen LogP contribution in [0.15, 0.2) is 30.3 Å². The summed E-state index contributed by atoms with van der Waals surface area (Å²) < 4.78 is 5.22. The van der Waals surface area contributed by atoms with Crippen LogP contribution >= 0.6 is 0 Å². The Morgan fingerprint density at radius 3 is 2.65 bits per heavy atom. The van der Waals surface area contributed by atoms with E-state index in [0.29, 0.717) is 30.2 Å². The predicted molar refractivity (Wildman–Crippen MR) is 84.5 cm³/mol. The molecule has 1 heterocycles. The summed E-state index contributed by atoms with van der Waals surface area (Å²) in [5.41, 5.74) is 2.32. The fraction of sp³-hybridized carbons (Fsp3) is 0.312. The first-order valence-corrected chi connectivity index (χ1v) is 7.21. The second-order valence-corrected chi connectivity index (χ2v) is 4.91. The molecule has 1 aromatic heterocycles. The number of carbonyl (C=O) groups is 1. The molecule has 0 unspecified atom stereocenters. The molecule has 2 rings (SSSR count). The Hall–Kier alpha value is -2.67. The van der Waals surface area contributed by atoms with E-state index in [1.807, 2.05) is 30.3 Å². The highest BCUT2D eigenvalue weighted by atomic mass is 16.5. The summed E-state index contributed by atoms with van der Waals surface area (Å²) in [6.07, 6.45) is 0.305. The summed E-state index contributed by atoms with van der Waals surface area (Å²) in [6, 6.07) is 9.76. The van der Waals surface area contributed by atoms with Crippen LogP contribution in [0.25, 0.3) is 0 Å². The van der Waals surface area contributed by atoms with Crippen LogP contribution in [0.1, 0.15) is 16.8 Å². The Balaban J connectivity index is 2.17. The van der Waals surface area contributed by atoms with E-state index in [2.05, 4.69) is 15.3 Å². The minimum Gasteiger partial charge on any atom is -0.479 e. The zero-order valence-electron chi connectivity index (χ0n) is 12.8. The predicted octanol–water partition coefficient (Wildman–Crippen LogP) is 1.40. The maximum absolute atomic E-state index is 10.7. The second-order valence-electron chi connectivity index (χ2n) is 4.91. The lowest BCUT2D eigenvalue weighted by atomic mass is 10.2. The Labute approximate surface area is 134 Å². The van der Waals surface area contributed by atoms with Gasteiger partial charge in [0.15, 0.2) is 6.61 Å². The van der Waals surface area contributed by atoms with Gasteiger partial charge in [-0.2, -0.15) is 4.98 Å². The van der Waals surface area contributed by atoms with Gasteiger partial charge in [-0.1, -0.05) is 30.3 Å². The van der Waals surface area contributed by atoms with Crippen molar-refractivity contribution in [1.29, 1.82) is 0 Å². The number of aromatic nitrogens is 2. The lowest BCUT2D eigenvalue weighted by molar-refractivity contribution is -0.139. The highest BCUT2D eigenvalue weighted by molar-refractivity contribution is 5.68. The van der Waals surface area contributed by atoms with E-state index in [1.54, 1.807) is 6.92 Å². The Morgan fingerprint density at radius 1 is 1.26 bits per heavy atom. The first kappa shape index (κ1) is 16.7. The molecular weight excluding hydrogens is 298 g/mol. The number of rotatable bonds is 8. The number of hydrogen-bond donors (Lipinski definition) is 3. The summed E-state index contributed by atoms with van der Waals surface area (Å²) >= 11 is 0. The second kappa shape index (κ2) is 8.09. The maximum Gasteiger partial charge on any atom is 0.341 e. The molecule has 1 aromatic carbocycles. The molecule has 0 fully saturated rings. The Kier molecular flexibility index (Phi) is 5.87. The lowest BCUT2D eigenvalue weighted by Gasteiger charge is -2.13. The first-order chi connectivity index (χ1) is 11.1. The van der Waals surface area contributed by atoms with E-state index >= 15 is 0 Å². The number of aryl methyl sites for hydroxylation is 1. The van der Waals surface area contributed by atoms with Crippen LogP contribution in [0.4, 0.5) is 5.95 Å². The third-order valence-corrected chi connectivity index (χ3v) is 3.16. The standard InChI is InChI=1S/C16H19N3O4/c1-11-13(7-8-20)15(23-10-14(21)22)19-16(18-11)17-9-12-5-3-2-4-6-12/h2-6,20H,7-10H2,1H3,(H,21,22)(H,17,18,19). The smallest absolute Gasteiger partial charge is 0.341 e. The van der Waals surface area contributed by atoms with Crippen molar-refractivity contribution in [3.05, 3.63) is 47.2 Å². The van der Waals surface area contributed by atoms with E-state index in [0.717, 1.165) is 5.56 Å². The van der Waals surface area contributed by atoms with Gasteiger partial charge in [0.25, 0.3) is 0 Å². The molecule has 7 heteroatoms. The number of aliphatic carboxylic acids is 1. The summed E-state index contributed by atoms with van der Waals surface area (Å²) in [5.74, 6) is -0.548. The van der Waals surface area contributed by atoms with Crippen molar-refractivity contribution >= 4 is 11.9 Å². The van der Waals surface area contributed by atoms with E-state index in [4.69, 9.17) is 14.9 Å². The monoisotopic (exact) mass is 317 g/mol. The molecule has 7 nitrogen and oxygen atoms in total. The molecule has 0 saturated heterocycles. The first-order valence-electron chi connectivity index (χ1n) is 7.21. The van der Waals surface area contributed by atoms with Crippen molar-refractivity contribution < 1.29 is 19.7 Å². The van der Waals surface area contributed by atoms with Gasteiger partial charge >= 0.3 is 5.97 Å². The van der Waals surface area contributed by atoms with Gasteiger partial charge < -0.3 is 20.3 Å². The molecule has 0 bridgehead atoms. The fourth-order valence-corrected chi connectivity index (χ4v) is 2.07. The van der Waals surface area contributed by atoms with E-state index in [-0.39, 0.29) is 12.5 Å². The zero-order valence-corrected chi connectivity index (χ0v) is 12.8. The number of nitrogens with one attached hydrogen (secondary N) is 1. The van der Waals surface area contributed by atoms with Gasteiger partial charge in [-0.25, -0.2) is 9.78 Å². The average molecular weight is 317 g/mol. The molecule has 2 aromatic rings. The van der Waals surface area contributed by atoms with Crippen LogP contribution in [-0.4, -0.2) is 39.4 Å². The van der Waals surface area contributed by atoms with Gasteiger partial charge in [-0.05, 0) is 12.5 Å². The highest BCUT2D eigenvalue weighted by Gasteiger charge is 2.14. The van der Waals surface area contributed by atoms with E-state index < -0.39 is 12.6 Å². The molecular formula is C16H19N3O4. The number of benzene rings is 1. The van der Waals surface area contributed by atoms with Gasteiger partial charge in [0.2, 0.25) is 11.8 Å². The number of aliphatic hydroxyl groups excluding tert-OH is 1. The van der Waals surface area contributed by atoms with Gasteiger partial charge in [-0.3, -0.25) is 0 Å². The minimum atomic E-state index is -1.09. The van der Waals surface area contributed by atoms with Crippen molar-refractivity contribution in [2.24, 2.45) is 0 Å². The van der Waals surface area contributed by atoms with Crippen molar-refractivity contribution in [2.75, 3.05) is 18.5 Å². The third-order valence-electron chi connectivity index (χ3n) is 3.16. The molecule has 3 N–H and O–H groups in total. The lowest BCUT2D eigenvalue weighted by Crippen LogP contribution is -2.15. The normalized spacial score (nSPS) is 10.3. The molecule has 0 atom stereocenters. The maximum atomic E-state index is 10.7. The topological polar surface area (TPSA) is 105 Å². The van der Waals surface area contributed by atoms with Crippen LogP contribution in [0.2, 0.25) is 0 Å². The number of nitrogens with zero attached hydrogens (tertiary/aromatic N) is 2. The molecule has 0 aliphatic carbocycles. The summed E-state index contributed by atoms with van der Waals surface area (Å²) in [5, 5.41) is 21.0. The number of carboxylic acids is 1. The van der Waals surface area contributed by atoms with Crippen LogP contribution < -0.4 is 10.1 Å². The SMILES string of the molecule is Cc1nc(NCc2ccccc2)nc(OCC(=O)O)c1CCO. The highest BCUT2D eigenvalue weighted by Crippen LogP contribution is 2.21.